The van der Waals surface area contributed by atoms with Gasteiger partial charge < -0.3 is 0 Å². The molecule has 0 fully saturated rings. The van der Waals surface area contributed by atoms with Crippen molar-refractivity contribution in [1.82, 2.24) is 25.6 Å². The number of hydrogen-bond donors (Lipinski definition) is 2. The maximum atomic E-state index is 11.6. The van der Waals surface area contributed by atoms with Gasteiger partial charge >= 0.3 is 0 Å². The highest BCUT2D eigenvalue weighted by Crippen LogP contribution is 2.02. The molecule has 0 spiro atoms. The van der Waals surface area contributed by atoms with E-state index >= 15 is 0 Å². The Morgan fingerprint density at radius 3 is 2.88 bits per heavy atom. The minimum atomic E-state index is -0.437. The van der Waals surface area contributed by atoms with Gasteiger partial charge in [0, 0.05) is 12.8 Å². The highest BCUT2D eigenvalue weighted by atomic mass is 16.2. The number of tetrazole rings is 1. The molecule has 9 heteroatoms. The van der Waals surface area contributed by atoms with E-state index in [1.807, 2.05) is 0 Å². The summed E-state index contributed by atoms with van der Waals surface area (Å²) in [7, 11) is 1.58. The van der Waals surface area contributed by atoms with E-state index in [0.29, 0.717) is 6.42 Å². The predicted molar refractivity (Wildman–Crippen MR) is 52.2 cm³/mol. The van der Waals surface area contributed by atoms with Crippen molar-refractivity contribution in [3.63, 3.8) is 0 Å². The van der Waals surface area contributed by atoms with E-state index in [1.54, 1.807) is 7.05 Å². The summed E-state index contributed by atoms with van der Waals surface area (Å²) in [6.07, 6.45) is 0.554. The third-order valence-electron chi connectivity index (χ3n) is 1.90. The average molecular weight is 223 g/mol. The van der Waals surface area contributed by atoms with Gasteiger partial charge in [0.15, 0.2) is 0 Å². The Kier molecular flexibility index (Phi) is 2.58. The smallest absolute Gasteiger partial charge is 0.274 e. The van der Waals surface area contributed by atoms with Crippen LogP contribution in [0.3, 0.4) is 0 Å². The van der Waals surface area contributed by atoms with E-state index in [2.05, 4.69) is 31.3 Å². The van der Waals surface area contributed by atoms with Gasteiger partial charge in [-0.15, -0.1) is 5.10 Å². The molecule has 1 aliphatic heterocycles. The summed E-state index contributed by atoms with van der Waals surface area (Å²) in [6.45, 7) is 0. The molecule has 0 unspecified atom stereocenters. The third-order valence-corrected chi connectivity index (χ3v) is 1.90. The van der Waals surface area contributed by atoms with Crippen molar-refractivity contribution in [3.05, 3.63) is 0 Å². The van der Waals surface area contributed by atoms with Crippen molar-refractivity contribution >= 4 is 23.5 Å². The second-order valence-electron chi connectivity index (χ2n) is 3.15. The number of aryl methyl sites for hydroxylation is 1. The zero-order valence-electron chi connectivity index (χ0n) is 8.47. The van der Waals surface area contributed by atoms with Crippen LogP contribution in [-0.2, 0) is 16.6 Å². The average Bonchev–Trinajstić information content (AvgIpc) is 2.65. The molecule has 0 saturated carbocycles. The number of amides is 2. The maximum Gasteiger partial charge on any atom is 0.274 e. The highest BCUT2D eigenvalue weighted by Gasteiger charge is 2.19. The van der Waals surface area contributed by atoms with Crippen LogP contribution in [0.1, 0.15) is 12.8 Å². The molecule has 84 valence electrons. The molecular formula is C7H9N7O2. The molecule has 9 nitrogen and oxygen atoms in total. The number of nitrogens with zero attached hydrogens (tertiary/aromatic N) is 5. The molecule has 0 radical (unpaired) electrons. The van der Waals surface area contributed by atoms with Crippen LogP contribution < -0.4 is 10.7 Å². The molecule has 0 atom stereocenters. The highest BCUT2D eigenvalue weighted by molar-refractivity contribution is 6.43. The summed E-state index contributed by atoms with van der Waals surface area (Å²) >= 11 is 0. The molecular weight excluding hydrogens is 214 g/mol. The number of carbonyl (C=O) groups excluding carboxylic acids is 2. The number of hydrogen-bond acceptors (Lipinski definition) is 6. The molecule has 2 rings (SSSR count). The number of carbonyl (C=O) groups is 2. The Balaban J connectivity index is 2.01. The van der Waals surface area contributed by atoms with Crippen LogP contribution in [0.25, 0.3) is 0 Å². The molecule has 1 aromatic rings. The van der Waals surface area contributed by atoms with E-state index in [0.717, 1.165) is 0 Å². The van der Waals surface area contributed by atoms with Crippen molar-refractivity contribution in [1.29, 1.82) is 0 Å². The lowest BCUT2D eigenvalue weighted by atomic mass is 10.2. The minimum absolute atomic E-state index is 0.104. The molecule has 2 amide bonds. The zero-order chi connectivity index (χ0) is 11.5. The normalized spacial score (nSPS) is 15.3. The fraction of sp³-hybridized carbons (Fsp3) is 0.429. The first-order valence-electron chi connectivity index (χ1n) is 4.56. The molecule has 1 aliphatic rings. The third kappa shape index (κ3) is 2.19. The Labute approximate surface area is 89.9 Å². The first kappa shape index (κ1) is 10.2. The lowest BCUT2D eigenvalue weighted by Crippen LogP contribution is -2.33. The van der Waals surface area contributed by atoms with E-state index in [9.17, 15) is 9.59 Å². The van der Waals surface area contributed by atoms with Gasteiger partial charge in [0.2, 0.25) is 5.91 Å². The molecule has 0 aromatic carbocycles. The number of nitrogens with one attached hydrogen (secondary N) is 2. The Hall–Kier alpha value is -2.32. The second kappa shape index (κ2) is 4.04. The first-order valence-corrected chi connectivity index (χ1v) is 4.56. The SMILES string of the molecule is Cn1nnc(NC(=O)C2=NNC(=O)CC2)n1. The van der Waals surface area contributed by atoms with Crippen molar-refractivity contribution in [2.24, 2.45) is 12.1 Å². The number of aromatic nitrogens is 4. The van der Waals surface area contributed by atoms with E-state index in [-0.39, 0.29) is 24.0 Å². The summed E-state index contributed by atoms with van der Waals surface area (Å²) < 4.78 is 0. The Bertz CT molecular complexity index is 463. The molecule has 2 N–H and O–H groups in total. The van der Waals surface area contributed by atoms with Crippen molar-refractivity contribution < 1.29 is 9.59 Å². The van der Waals surface area contributed by atoms with E-state index in [1.165, 1.54) is 4.80 Å². The van der Waals surface area contributed by atoms with Gasteiger partial charge in [0.1, 0.15) is 5.71 Å². The number of anilines is 1. The lowest BCUT2D eigenvalue weighted by Gasteiger charge is -2.10. The zero-order valence-corrected chi connectivity index (χ0v) is 8.47. The Morgan fingerprint density at radius 1 is 1.50 bits per heavy atom. The minimum Gasteiger partial charge on any atom is -0.287 e. The maximum absolute atomic E-state index is 11.6. The van der Waals surface area contributed by atoms with Crippen LogP contribution in [0.4, 0.5) is 5.95 Å². The van der Waals surface area contributed by atoms with E-state index in [4.69, 9.17) is 0 Å². The van der Waals surface area contributed by atoms with Gasteiger partial charge in [-0.2, -0.15) is 9.90 Å². The van der Waals surface area contributed by atoms with E-state index < -0.39 is 5.91 Å². The molecule has 0 saturated heterocycles. The Morgan fingerprint density at radius 2 is 2.31 bits per heavy atom. The molecule has 0 aliphatic carbocycles. The molecule has 16 heavy (non-hydrogen) atoms. The van der Waals surface area contributed by atoms with Crippen molar-refractivity contribution in [2.45, 2.75) is 12.8 Å². The summed E-state index contributed by atoms with van der Waals surface area (Å²) in [5, 5.41) is 17.0. The topological polar surface area (TPSA) is 114 Å². The van der Waals surface area contributed by atoms with Crippen LogP contribution in [0.15, 0.2) is 5.10 Å². The quantitative estimate of drug-likeness (QED) is 0.627. The first-order chi connectivity index (χ1) is 7.65. The summed E-state index contributed by atoms with van der Waals surface area (Å²) in [5.74, 6) is -0.533. The van der Waals surface area contributed by atoms with Gasteiger partial charge in [0.25, 0.3) is 11.9 Å². The van der Waals surface area contributed by atoms with Crippen LogP contribution in [0.5, 0.6) is 0 Å². The molecule has 2 heterocycles. The van der Waals surface area contributed by atoms with Gasteiger partial charge in [-0.05, 0) is 5.21 Å². The lowest BCUT2D eigenvalue weighted by molar-refractivity contribution is -0.121. The molecule has 0 bridgehead atoms. The van der Waals surface area contributed by atoms with Gasteiger partial charge in [-0.3, -0.25) is 14.9 Å². The second-order valence-corrected chi connectivity index (χ2v) is 3.15. The fourth-order valence-corrected chi connectivity index (χ4v) is 1.15. The van der Waals surface area contributed by atoms with Crippen LogP contribution in [0, 0.1) is 0 Å². The van der Waals surface area contributed by atoms with Crippen LogP contribution in [-0.4, -0.2) is 37.7 Å². The fourth-order valence-electron chi connectivity index (χ4n) is 1.15. The monoisotopic (exact) mass is 223 g/mol. The van der Waals surface area contributed by atoms with Crippen molar-refractivity contribution in [3.8, 4) is 0 Å². The standard InChI is InChI=1S/C7H9N7O2/c1-14-12-7(11-13-14)8-6(16)4-2-3-5(15)10-9-4/h2-3H2,1H3,(H,10,15)(H,8,12,16). The number of rotatable bonds is 2. The largest absolute Gasteiger partial charge is 0.287 e. The number of hydrazone groups is 1. The van der Waals surface area contributed by atoms with Gasteiger partial charge in [-0.1, -0.05) is 5.10 Å². The summed E-state index contributed by atoms with van der Waals surface area (Å²) in [4.78, 5) is 23.6. The predicted octanol–water partition coefficient (Wildman–Crippen LogP) is -1.59. The summed E-state index contributed by atoms with van der Waals surface area (Å²) in [6, 6.07) is 0. The van der Waals surface area contributed by atoms with Gasteiger partial charge in [0.05, 0.1) is 7.05 Å². The van der Waals surface area contributed by atoms with Crippen LogP contribution in [0.2, 0.25) is 0 Å². The summed E-state index contributed by atoms with van der Waals surface area (Å²) in [5.41, 5.74) is 2.47. The van der Waals surface area contributed by atoms with Crippen LogP contribution >= 0.6 is 0 Å². The van der Waals surface area contributed by atoms with Gasteiger partial charge in [-0.25, -0.2) is 5.43 Å². The molecule has 1 aromatic heterocycles. The van der Waals surface area contributed by atoms with Crippen molar-refractivity contribution in [2.75, 3.05) is 5.32 Å².